The van der Waals surface area contributed by atoms with Gasteiger partial charge >= 0.3 is 18.9 Å². The zero-order valence-electron chi connectivity index (χ0n) is 18.5. The summed E-state index contributed by atoms with van der Waals surface area (Å²) in [6.07, 6.45) is 2.82. The van der Waals surface area contributed by atoms with Crippen molar-refractivity contribution in [2.24, 2.45) is 5.92 Å². The smallest absolute Gasteiger partial charge is 0.534 e. The van der Waals surface area contributed by atoms with Crippen LogP contribution in [0.2, 0.25) is 0 Å². The van der Waals surface area contributed by atoms with Crippen molar-refractivity contribution >= 4 is 19.0 Å². The summed E-state index contributed by atoms with van der Waals surface area (Å²) in [5, 5.41) is 13.2. The number of amides is 1. The maximum Gasteiger partial charge on any atom is 0.547 e. The van der Waals surface area contributed by atoms with Crippen LogP contribution in [-0.2, 0) is 29.0 Å². The van der Waals surface area contributed by atoms with E-state index >= 15 is 0 Å². The fourth-order valence-corrected chi connectivity index (χ4v) is 3.51. The lowest BCUT2D eigenvalue weighted by Crippen LogP contribution is -2.53. The van der Waals surface area contributed by atoms with E-state index < -0.39 is 24.9 Å². The topological polar surface area (TPSA) is 128 Å². The lowest BCUT2D eigenvalue weighted by molar-refractivity contribution is -0.121. The molecule has 0 fully saturated rings. The standard InChI is InChI=1S/C22H28BNO8/c1-4-5-9-19(25)24-18-11-14-7-6-8-15(20(14)32-23(18)28)21(26)29-12-17-16(10-13(2)3)30-22(27)31-17/h6-8,13,18,28H,4-5,9-12H2,1-3H3,(H,24,25)/t18-/m0/s1. The number of ether oxygens (including phenoxy) is 1. The summed E-state index contributed by atoms with van der Waals surface area (Å²) < 4.78 is 20.9. The van der Waals surface area contributed by atoms with Crippen molar-refractivity contribution in [2.45, 2.75) is 65.4 Å². The summed E-state index contributed by atoms with van der Waals surface area (Å²) in [6.45, 7) is 5.64. The first-order valence-electron chi connectivity index (χ1n) is 10.8. The Morgan fingerprint density at radius 1 is 1.28 bits per heavy atom. The SMILES string of the molecule is CCCCC(=O)N[C@H]1Cc2cccc(C(=O)OCc3oc(=O)oc3CC(C)C)c2OB1O. The molecule has 2 N–H and O–H groups in total. The van der Waals surface area contributed by atoms with E-state index in [0.29, 0.717) is 30.6 Å². The van der Waals surface area contributed by atoms with Gasteiger partial charge in [0.25, 0.3) is 0 Å². The van der Waals surface area contributed by atoms with Crippen molar-refractivity contribution in [3.63, 3.8) is 0 Å². The molecule has 32 heavy (non-hydrogen) atoms. The van der Waals surface area contributed by atoms with Gasteiger partial charge in [-0.1, -0.05) is 39.3 Å². The molecule has 0 spiro atoms. The summed E-state index contributed by atoms with van der Waals surface area (Å²) in [7, 11) is -1.30. The average Bonchev–Trinajstić information content (AvgIpc) is 3.08. The number of carbonyl (C=O) groups excluding carboxylic acids is 2. The van der Waals surface area contributed by atoms with Gasteiger partial charge in [-0.3, -0.25) is 4.79 Å². The molecule has 0 saturated carbocycles. The van der Waals surface area contributed by atoms with Crippen LogP contribution < -0.4 is 15.8 Å². The minimum absolute atomic E-state index is 0.133. The first kappa shape index (κ1) is 23.7. The van der Waals surface area contributed by atoms with Crippen molar-refractivity contribution in [3.8, 4) is 5.75 Å². The monoisotopic (exact) mass is 445 g/mol. The molecule has 0 unspecified atom stereocenters. The Morgan fingerprint density at radius 2 is 2.03 bits per heavy atom. The first-order valence-corrected chi connectivity index (χ1v) is 10.8. The Bertz CT molecular complexity index is 1010. The van der Waals surface area contributed by atoms with E-state index in [9.17, 15) is 19.4 Å². The van der Waals surface area contributed by atoms with Gasteiger partial charge < -0.3 is 28.6 Å². The predicted octanol–water partition coefficient (Wildman–Crippen LogP) is 2.42. The van der Waals surface area contributed by atoms with E-state index in [0.717, 1.165) is 12.8 Å². The average molecular weight is 445 g/mol. The molecule has 172 valence electrons. The molecule has 0 saturated heterocycles. The second-order valence-electron chi connectivity index (χ2n) is 8.26. The van der Waals surface area contributed by atoms with Crippen molar-refractivity contribution in [3.05, 3.63) is 51.5 Å². The fraction of sp³-hybridized carbons (Fsp3) is 0.500. The number of benzene rings is 1. The highest BCUT2D eigenvalue weighted by atomic mass is 16.6. The minimum Gasteiger partial charge on any atom is -0.534 e. The lowest BCUT2D eigenvalue weighted by atomic mass is 9.72. The number of hydrogen-bond donors (Lipinski definition) is 2. The van der Waals surface area contributed by atoms with Gasteiger partial charge in [0, 0.05) is 12.8 Å². The van der Waals surface area contributed by atoms with Gasteiger partial charge in [0.2, 0.25) is 5.91 Å². The van der Waals surface area contributed by atoms with E-state index in [1.165, 1.54) is 6.07 Å². The van der Waals surface area contributed by atoms with E-state index in [1.54, 1.807) is 12.1 Å². The number of fused-ring (bicyclic) bond motifs is 1. The molecule has 0 aliphatic carbocycles. The normalized spacial score (nSPS) is 15.3. The van der Waals surface area contributed by atoms with Gasteiger partial charge in [-0.15, -0.1) is 0 Å². The van der Waals surface area contributed by atoms with Gasteiger partial charge in [-0.05, 0) is 30.4 Å². The molecule has 9 nitrogen and oxygen atoms in total. The third kappa shape index (κ3) is 5.82. The van der Waals surface area contributed by atoms with Crippen LogP contribution in [0.1, 0.15) is 67.5 Å². The number of esters is 1. The number of carbonyl (C=O) groups is 2. The van der Waals surface area contributed by atoms with Crippen LogP contribution in [-0.4, -0.2) is 30.0 Å². The first-order chi connectivity index (χ1) is 15.3. The molecule has 10 heteroatoms. The van der Waals surface area contributed by atoms with Crippen LogP contribution in [0.3, 0.4) is 0 Å². The molecular weight excluding hydrogens is 417 g/mol. The van der Waals surface area contributed by atoms with Crippen LogP contribution >= 0.6 is 0 Å². The number of rotatable bonds is 9. The molecule has 1 aliphatic heterocycles. The number of unbranched alkanes of at least 4 members (excludes halogenated alkanes) is 1. The molecule has 1 aromatic heterocycles. The van der Waals surface area contributed by atoms with E-state index in [4.69, 9.17) is 18.2 Å². The van der Waals surface area contributed by atoms with Gasteiger partial charge in [0.05, 0.1) is 5.94 Å². The molecule has 0 bridgehead atoms. The van der Waals surface area contributed by atoms with Gasteiger partial charge in [0.1, 0.15) is 11.3 Å². The molecule has 1 aromatic carbocycles. The Kier molecular flexibility index (Phi) is 7.79. The van der Waals surface area contributed by atoms with E-state index in [2.05, 4.69) is 5.32 Å². The van der Waals surface area contributed by atoms with Crippen LogP contribution in [0.25, 0.3) is 0 Å². The molecule has 1 amide bonds. The summed E-state index contributed by atoms with van der Waals surface area (Å²) in [6, 6.07) is 4.96. The summed E-state index contributed by atoms with van der Waals surface area (Å²) >= 11 is 0. The van der Waals surface area contributed by atoms with Crippen LogP contribution in [0, 0.1) is 5.92 Å². The second kappa shape index (κ2) is 10.5. The number of para-hydroxylation sites is 1. The summed E-state index contributed by atoms with van der Waals surface area (Å²) in [5.74, 6) is -1.37. The highest BCUT2D eigenvalue weighted by Crippen LogP contribution is 2.31. The Morgan fingerprint density at radius 3 is 2.75 bits per heavy atom. The fourth-order valence-electron chi connectivity index (χ4n) is 3.51. The largest absolute Gasteiger partial charge is 0.547 e. The van der Waals surface area contributed by atoms with Crippen LogP contribution in [0.15, 0.2) is 31.8 Å². The van der Waals surface area contributed by atoms with Gasteiger partial charge in [-0.2, -0.15) is 0 Å². The third-order valence-electron chi connectivity index (χ3n) is 5.09. The number of nitrogens with one attached hydrogen (secondary N) is 1. The van der Waals surface area contributed by atoms with Crippen molar-refractivity contribution in [1.82, 2.24) is 5.32 Å². The zero-order chi connectivity index (χ0) is 23.3. The van der Waals surface area contributed by atoms with Crippen molar-refractivity contribution in [1.29, 1.82) is 0 Å². The third-order valence-corrected chi connectivity index (χ3v) is 5.09. The van der Waals surface area contributed by atoms with Gasteiger partial charge in [-0.25, -0.2) is 9.59 Å². The van der Waals surface area contributed by atoms with E-state index in [1.807, 2.05) is 20.8 Å². The van der Waals surface area contributed by atoms with Crippen molar-refractivity contribution in [2.75, 3.05) is 0 Å². The minimum atomic E-state index is -1.30. The molecule has 2 heterocycles. The quantitative estimate of drug-likeness (QED) is 0.445. The summed E-state index contributed by atoms with van der Waals surface area (Å²) in [4.78, 5) is 36.2. The Labute approximate surface area is 186 Å². The highest BCUT2D eigenvalue weighted by molar-refractivity contribution is 6.47. The molecule has 1 atom stereocenters. The highest BCUT2D eigenvalue weighted by Gasteiger charge is 2.37. The van der Waals surface area contributed by atoms with Gasteiger partial charge in [0.15, 0.2) is 18.1 Å². The number of hydrogen-bond acceptors (Lipinski definition) is 8. The summed E-state index contributed by atoms with van der Waals surface area (Å²) in [5.41, 5.74) is 0.800. The zero-order valence-corrected chi connectivity index (χ0v) is 18.5. The predicted molar refractivity (Wildman–Crippen MR) is 115 cm³/mol. The molecule has 0 radical (unpaired) electrons. The van der Waals surface area contributed by atoms with Crippen LogP contribution in [0.4, 0.5) is 0 Å². The lowest BCUT2D eigenvalue weighted by Gasteiger charge is -2.29. The second-order valence-corrected chi connectivity index (χ2v) is 8.26. The maximum absolute atomic E-state index is 12.7. The Balaban J connectivity index is 1.69. The molecule has 3 rings (SSSR count). The molecular formula is C22H28BNO8. The van der Waals surface area contributed by atoms with E-state index in [-0.39, 0.29) is 35.5 Å². The molecule has 2 aromatic rings. The van der Waals surface area contributed by atoms with Crippen molar-refractivity contribution < 1.29 is 32.8 Å². The van der Waals surface area contributed by atoms with Crippen LogP contribution in [0.5, 0.6) is 5.75 Å². The maximum atomic E-state index is 12.7. The Hall–Kier alpha value is -3.01. The molecule has 1 aliphatic rings.